The van der Waals surface area contributed by atoms with Crippen molar-refractivity contribution in [2.24, 2.45) is 11.8 Å². The van der Waals surface area contributed by atoms with Crippen LogP contribution in [0.25, 0.3) is 0 Å². The second-order valence-electron chi connectivity index (χ2n) is 6.80. The number of aliphatic carboxylic acids is 1. The van der Waals surface area contributed by atoms with Gasteiger partial charge in [0, 0.05) is 11.9 Å². The number of carboxylic acid groups (broad SMARTS) is 1. The maximum atomic E-state index is 12.0. The fourth-order valence-corrected chi connectivity index (χ4v) is 3.26. The van der Waals surface area contributed by atoms with E-state index in [1.807, 2.05) is 0 Å². The van der Waals surface area contributed by atoms with Crippen LogP contribution in [-0.4, -0.2) is 18.5 Å². The van der Waals surface area contributed by atoms with Crippen molar-refractivity contribution in [2.75, 3.05) is 6.61 Å². The van der Waals surface area contributed by atoms with Crippen molar-refractivity contribution in [3.05, 3.63) is 12.2 Å². The molecule has 0 aromatic heterocycles. The molecule has 0 N–H and O–H groups in total. The molecule has 0 saturated heterocycles. The number of unbranched alkanes of at least 4 members (excludes halogenated alkanes) is 6. The van der Waals surface area contributed by atoms with Crippen LogP contribution in [0.1, 0.15) is 84.0 Å². The first-order chi connectivity index (χ1) is 11.7. The van der Waals surface area contributed by atoms with E-state index in [1.54, 1.807) is 0 Å². The number of hydrogen-bond acceptors (Lipinski definition) is 4. The Bertz CT molecular complexity index is 395. The smallest absolute Gasteiger partial charge is 0.550 e. The molecule has 25 heavy (non-hydrogen) atoms. The van der Waals surface area contributed by atoms with Gasteiger partial charge in [0.2, 0.25) is 0 Å². The third kappa shape index (κ3) is 11.1. The van der Waals surface area contributed by atoms with E-state index in [0.717, 1.165) is 38.5 Å². The molecule has 1 saturated carbocycles. The Hall–Kier alpha value is -0.320. The van der Waals surface area contributed by atoms with Crippen molar-refractivity contribution in [3.8, 4) is 0 Å². The molecule has 2 unspecified atom stereocenters. The number of allylic oxidation sites excluding steroid dienone is 2. The summed E-state index contributed by atoms with van der Waals surface area (Å²) in [6, 6.07) is 0. The zero-order chi connectivity index (χ0) is 17.6. The van der Waals surface area contributed by atoms with Crippen LogP contribution in [0.15, 0.2) is 12.2 Å². The SMILES string of the molecule is CCCCCC/C=C/CCCCOC(=O)C1CCCCC1C(=O)[O-].[Na+]. The minimum Gasteiger partial charge on any atom is -0.550 e. The van der Waals surface area contributed by atoms with Crippen LogP contribution in [-0.2, 0) is 14.3 Å². The Morgan fingerprint density at radius 3 is 2.16 bits per heavy atom. The molecule has 0 aliphatic heterocycles. The summed E-state index contributed by atoms with van der Waals surface area (Å²) in [7, 11) is 0. The number of hydrogen-bond donors (Lipinski definition) is 0. The van der Waals surface area contributed by atoms with Crippen LogP contribution in [0.4, 0.5) is 0 Å². The monoisotopic (exact) mass is 360 g/mol. The van der Waals surface area contributed by atoms with Gasteiger partial charge in [-0.2, -0.15) is 0 Å². The molecule has 0 spiro atoms. The van der Waals surface area contributed by atoms with Gasteiger partial charge in [0.1, 0.15) is 0 Å². The number of carbonyl (C=O) groups is 2. The Morgan fingerprint density at radius 2 is 1.56 bits per heavy atom. The van der Waals surface area contributed by atoms with Crippen molar-refractivity contribution in [3.63, 3.8) is 0 Å². The van der Waals surface area contributed by atoms with Gasteiger partial charge in [-0.1, -0.05) is 51.2 Å². The molecular formula is C20H33NaO4. The van der Waals surface area contributed by atoms with Crippen LogP contribution >= 0.6 is 0 Å². The standard InChI is InChI=1S/C20H34O4.Na/c1-2-3-4-5-6-7-8-9-10-13-16-24-20(23)18-15-12-11-14-17(18)19(21)22;/h7-8,17-18H,2-6,9-16H2,1H3,(H,21,22);/q;+1/p-1/b8-7+;. The molecule has 5 heteroatoms. The van der Waals surface area contributed by atoms with E-state index in [4.69, 9.17) is 4.74 Å². The molecule has 2 atom stereocenters. The Balaban J connectivity index is 0.00000576. The van der Waals surface area contributed by atoms with Gasteiger partial charge in [-0.3, -0.25) is 4.79 Å². The third-order valence-electron chi connectivity index (χ3n) is 4.77. The maximum Gasteiger partial charge on any atom is 1.00 e. The van der Waals surface area contributed by atoms with Crippen LogP contribution in [0, 0.1) is 11.8 Å². The molecule has 138 valence electrons. The van der Waals surface area contributed by atoms with Crippen molar-refractivity contribution in [2.45, 2.75) is 84.0 Å². The number of ether oxygens (including phenoxy) is 1. The fraction of sp³-hybridized carbons (Fsp3) is 0.800. The first-order valence-electron chi connectivity index (χ1n) is 9.69. The summed E-state index contributed by atoms with van der Waals surface area (Å²) >= 11 is 0. The van der Waals surface area contributed by atoms with E-state index in [1.165, 1.54) is 25.7 Å². The van der Waals surface area contributed by atoms with E-state index < -0.39 is 17.8 Å². The maximum absolute atomic E-state index is 12.0. The minimum atomic E-state index is -1.11. The second-order valence-corrected chi connectivity index (χ2v) is 6.80. The number of esters is 1. The van der Waals surface area contributed by atoms with Crippen molar-refractivity contribution < 1.29 is 49.0 Å². The van der Waals surface area contributed by atoms with Gasteiger partial charge in [-0.25, -0.2) is 0 Å². The average molecular weight is 360 g/mol. The molecule has 4 nitrogen and oxygen atoms in total. The summed E-state index contributed by atoms with van der Waals surface area (Å²) in [6.07, 6.45) is 16.5. The molecule has 1 rings (SSSR count). The number of rotatable bonds is 12. The molecule has 0 bridgehead atoms. The first kappa shape index (κ1) is 24.7. The summed E-state index contributed by atoms with van der Waals surface area (Å²) in [6.45, 7) is 2.61. The molecule has 1 aliphatic carbocycles. The van der Waals surface area contributed by atoms with E-state index in [0.29, 0.717) is 19.4 Å². The van der Waals surface area contributed by atoms with Gasteiger partial charge >= 0.3 is 35.5 Å². The van der Waals surface area contributed by atoms with Gasteiger partial charge in [0.25, 0.3) is 0 Å². The number of carboxylic acids is 1. The topological polar surface area (TPSA) is 66.4 Å². The van der Waals surface area contributed by atoms with Gasteiger partial charge in [0.05, 0.1) is 12.5 Å². The van der Waals surface area contributed by atoms with Crippen molar-refractivity contribution >= 4 is 11.9 Å². The molecule has 0 radical (unpaired) electrons. The van der Waals surface area contributed by atoms with Crippen LogP contribution in [0.3, 0.4) is 0 Å². The Labute approximate surface area is 175 Å². The van der Waals surface area contributed by atoms with Crippen molar-refractivity contribution in [1.82, 2.24) is 0 Å². The first-order valence-corrected chi connectivity index (χ1v) is 9.69. The van der Waals surface area contributed by atoms with Gasteiger partial charge in [-0.15, -0.1) is 0 Å². The van der Waals surface area contributed by atoms with Crippen LogP contribution < -0.4 is 34.7 Å². The van der Waals surface area contributed by atoms with E-state index >= 15 is 0 Å². The average Bonchev–Trinajstić information content (AvgIpc) is 2.59. The predicted octanol–water partition coefficient (Wildman–Crippen LogP) is 0.787. The molecule has 0 aromatic rings. The zero-order valence-corrected chi connectivity index (χ0v) is 18.1. The molecule has 0 amide bonds. The van der Waals surface area contributed by atoms with E-state index in [2.05, 4.69) is 19.1 Å². The summed E-state index contributed by atoms with van der Waals surface area (Å²) < 4.78 is 5.28. The quantitative estimate of drug-likeness (QED) is 0.223. The van der Waals surface area contributed by atoms with E-state index in [-0.39, 0.29) is 35.5 Å². The predicted molar refractivity (Wildman–Crippen MR) is 93.2 cm³/mol. The summed E-state index contributed by atoms with van der Waals surface area (Å²) in [5, 5.41) is 11.1. The summed E-state index contributed by atoms with van der Waals surface area (Å²) in [5.74, 6) is -2.63. The third-order valence-corrected chi connectivity index (χ3v) is 4.77. The largest absolute Gasteiger partial charge is 1.00 e. The zero-order valence-electron chi connectivity index (χ0n) is 16.1. The fourth-order valence-electron chi connectivity index (χ4n) is 3.26. The van der Waals surface area contributed by atoms with Crippen LogP contribution in [0.2, 0.25) is 0 Å². The Morgan fingerprint density at radius 1 is 0.960 bits per heavy atom. The number of carbonyl (C=O) groups excluding carboxylic acids is 2. The van der Waals surface area contributed by atoms with Crippen LogP contribution in [0.5, 0.6) is 0 Å². The normalized spacial score (nSPS) is 20.2. The molecular weight excluding hydrogens is 327 g/mol. The molecule has 0 heterocycles. The minimum absolute atomic E-state index is 0. The Kier molecular flexibility index (Phi) is 15.7. The van der Waals surface area contributed by atoms with Gasteiger partial charge in [0.15, 0.2) is 0 Å². The van der Waals surface area contributed by atoms with Crippen molar-refractivity contribution in [1.29, 1.82) is 0 Å². The molecule has 1 aliphatic rings. The summed E-state index contributed by atoms with van der Waals surface area (Å²) in [4.78, 5) is 23.1. The van der Waals surface area contributed by atoms with Gasteiger partial charge < -0.3 is 14.6 Å². The van der Waals surface area contributed by atoms with E-state index in [9.17, 15) is 14.7 Å². The molecule has 1 fully saturated rings. The van der Waals surface area contributed by atoms with Gasteiger partial charge in [-0.05, 0) is 44.9 Å². The second kappa shape index (κ2) is 15.9. The summed E-state index contributed by atoms with van der Waals surface area (Å²) in [5.41, 5.74) is 0. The molecule has 0 aromatic carbocycles.